The summed E-state index contributed by atoms with van der Waals surface area (Å²) < 4.78 is 0. The fourth-order valence-electron chi connectivity index (χ4n) is 3.10. The molecule has 0 radical (unpaired) electrons. The zero-order valence-electron chi connectivity index (χ0n) is 10.6. The molecule has 1 aromatic rings. The standard InChI is InChI=1S/C15H20N2O/c18-14(17-11-12-4-2-1-3-5-12)13-10-15(13)6-8-16-9-7-15/h1-5,13,16H,6-11H2,(H,17,18)/t13-/m1/s1. The van der Waals surface area contributed by atoms with Crippen LogP contribution >= 0.6 is 0 Å². The molecule has 3 nitrogen and oxygen atoms in total. The number of rotatable bonds is 3. The van der Waals surface area contributed by atoms with Crippen LogP contribution in [0.1, 0.15) is 24.8 Å². The number of hydrogen-bond acceptors (Lipinski definition) is 2. The normalized spacial score (nSPS) is 24.8. The molecular weight excluding hydrogens is 224 g/mol. The maximum Gasteiger partial charge on any atom is 0.223 e. The van der Waals surface area contributed by atoms with E-state index < -0.39 is 0 Å². The van der Waals surface area contributed by atoms with Gasteiger partial charge in [-0.1, -0.05) is 30.3 Å². The molecule has 2 N–H and O–H groups in total. The van der Waals surface area contributed by atoms with Gasteiger partial charge in [0.2, 0.25) is 5.91 Å². The third kappa shape index (κ3) is 2.27. The fraction of sp³-hybridized carbons (Fsp3) is 0.533. The van der Waals surface area contributed by atoms with Crippen LogP contribution in [-0.4, -0.2) is 19.0 Å². The second-order valence-electron chi connectivity index (χ2n) is 5.57. The van der Waals surface area contributed by atoms with E-state index in [1.165, 1.54) is 5.56 Å². The average molecular weight is 244 g/mol. The van der Waals surface area contributed by atoms with Gasteiger partial charge in [-0.05, 0) is 43.3 Å². The summed E-state index contributed by atoms with van der Waals surface area (Å²) in [4.78, 5) is 12.1. The van der Waals surface area contributed by atoms with E-state index >= 15 is 0 Å². The van der Waals surface area contributed by atoms with Gasteiger partial charge in [0.1, 0.15) is 0 Å². The highest BCUT2D eigenvalue weighted by Gasteiger charge is 2.57. The predicted octanol–water partition coefficient (Wildman–Crippen LogP) is 1.69. The first kappa shape index (κ1) is 11.7. The highest BCUT2D eigenvalue weighted by Crippen LogP contribution is 2.58. The lowest BCUT2D eigenvalue weighted by molar-refractivity contribution is -0.123. The van der Waals surface area contributed by atoms with Crippen molar-refractivity contribution in [3.63, 3.8) is 0 Å². The molecule has 1 saturated heterocycles. The molecule has 18 heavy (non-hydrogen) atoms. The van der Waals surface area contributed by atoms with Crippen molar-refractivity contribution in [3.8, 4) is 0 Å². The summed E-state index contributed by atoms with van der Waals surface area (Å²) in [6.45, 7) is 2.80. The number of nitrogens with one attached hydrogen (secondary N) is 2. The maximum atomic E-state index is 12.1. The Balaban J connectivity index is 1.51. The van der Waals surface area contributed by atoms with Crippen LogP contribution in [0.15, 0.2) is 30.3 Å². The third-order valence-electron chi connectivity index (χ3n) is 4.42. The molecule has 1 aliphatic carbocycles. The lowest BCUT2D eigenvalue weighted by Gasteiger charge is -2.23. The van der Waals surface area contributed by atoms with Crippen LogP contribution in [0, 0.1) is 11.3 Å². The summed E-state index contributed by atoms with van der Waals surface area (Å²) in [6, 6.07) is 10.1. The van der Waals surface area contributed by atoms with Crippen LogP contribution in [0.5, 0.6) is 0 Å². The number of hydrogen-bond donors (Lipinski definition) is 2. The van der Waals surface area contributed by atoms with Crippen molar-refractivity contribution < 1.29 is 4.79 Å². The van der Waals surface area contributed by atoms with Gasteiger partial charge in [-0.15, -0.1) is 0 Å². The SMILES string of the molecule is O=C(NCc1ccccc1)[C@H]1CC12CCNCC2. The van der Waals surface area contributed by atoms with E-state index in [2.05, 4.69) is 10.6 Å². The summed E-state index contributed by atoms with van der Waals surface area (Å²) in [6.07, 6.45) is 3.42. The molecule has 3 heteroatoms. The van der Waals surface area contributed by atoms with E-state index in [4.69, 9.17) is 0 Å². The van der Waals surface area contributed by atoms with Crippen molar-refractivity contribution >= 4 is 5.91 Å². The Labute approximate surface area is 108 Å². The molecule has 3 rings (SSSR count). The topological polar surface area (TPSA) is 41.1 Å². The summed E-state index contributed by atoms with van der Waals surface area (Å²) in [5, 5.41) is 6.44. The first-order valence-electron chi connectivity index (χ1n) is 6.83. The predicted molar refractivity (Wildman–Crippen MR) is 70.9 cm³/mol. The lowest BCUT2D eigenvalue weighted by atomic mass is 9.92. The van der Waals surface area contributed by atoms with Gasteiger partial charge < -0.3 is 10.6 Å². The van der Waals surface area contributed by atoms with Gasteiger partial charge in [-0.2, -0.15) is 0 Å². The van der Waals surface area contributed by atoms with Crippen molar-refractivity contribution in [1.29, 1.82) is 0 Å². The Hall–Kier alpha value is -1.35. The van der Waals surface area contributed by atoms with Gasteiger partial charge in [0.15, 0.2) is 0 Å². The zero-order valence-corrected chi connectivity index (χ0v) is 10.6. The van der Waals surface area contributed by atoms with Crippen molar-refractivity contribution in [3.05, 3.63) is 35.9 Å². The van der Waals surface area contributed by atoms with Crippen molar-refractivity contribution in [1.82, 2.24) is 10.6 Å². The van der Waals surface area contributed by atoms with Gasteiger partial charge in [-0.3, -0.25) is 4.79 Å². The number of carbonyl (C=O) groups excluding carboxylic acids is 1. The van der Waals surface area contributed by atoms with Crippen LogP contribution < -0.4 is 10.6 Å². The monoisotopic (exact) mass is 244 g/mol. The molecule has 2 fully saturated rings. The minimum atomic E-state index is 0.251. The van der Waals surface area contributed by atoms with Crippen molar-refractivity contribution in [2.45, 2.75) is 25.8 Å². The minimum Gasteiger partial charge on any atom is -0.352 e. The molecular formula is C15H20N2O. The Morgan fingerprint density at radius 1 is 1.28 bits per heavy atom. The molecule has 1 heterocycles. The summed E-state index contributed by atoms with van der Waals surface area (Å²) in [5.74, 6) is 0.518. The summed E-state index contributed by atoms with van der Waals surface area (Å²) >= 11 is 0. The van der Waals surface area contributed by atoms with E-state index in [9.17, 15) is 4.79 Å². The van der Waals surface area contributed by atoms with E-state index in [1.807, 2.05) is 30.3 Å². The number of amides is 1. The van der Waals surface area contributed by atoms with E-state index in [1.54, 1.807) is 0 Å². The summed E-state index contributed by atoms with van der Waals surface area (Å²) in [5.41, 5.74) is 1.51. The average Bonchev–Trinajstić information content (AvgIpc) is 3.12. The van der Waals surface area contributed by atoms with Crippen LogP contribution in [0.25, 0.3) is 0 Å². The summed E-state index contributed by atoms with van der Waals surface area (Å²) in [7, 11) is 0. The maximum absolute atomic E-state index is 12.1. The van der Waals surface area contributed by atoms with Gasteiger partial charge in [0, 0.05) is 12.5 Å². The molecule has 0 bridgehead atoms. The van der Waals surface area contributed by atoms with E-state index in [-0.39, 0.29) is 11.8 Å². The Morgan fingerprint density at radius 3 is 2.72 bits per heavy atom. The van der Waals surface area contributed by atoms with Crippen LogP contribution in [-0.2, 0) is 11.3 Å². The van der Waals surface area contributed by atoms with E-state index in [0.717, 1.165) is 32.4 Å². The Kier molecular flexibility index (Phi) is 3.08. The van der Waals surface area contributed by atoms with Crippen molar-refractivity contribution in [2.24, 2.45) is 11.3 Å². The molecule has 1 aliphatic heterocycles. The van der Waals surface area contributed by atoms with Crippen LogP contribution in [0.4, 0.5) is 0 Å². The highest BCUT2D eigenvalue weighted by molar-refractivity contribution is 5.82. The second-order valence-corrected chi connectivity index (χ2v) is 5.57. The first-order chi connectivity index (χ1) is 8.80. The lowest BCUT2D eigenvalue weighted by Crippen LogP contribution is -2.33. The van der Waals surface area contributed by atoms with Crippen LogP contribution in [0.2, 0.25) is 0 Å². The third-order valence-corrected chi connectivity index (χ3v) is 4.42. The molecule has 1 saturated carbocycles. The number of carbonyl (C=O) groups is 1. The second kappa shape index (κ2) is 4.73. The smallest absolute Gasteiger partial charge is 0.223 e. The van der Waals surface area contributed by atoms with Gasteiger partial charge >= 0.3 is 0 Å². The number of benzene rings is 1. The Morgan fingerprint density at radius 2 is 2.00 bits per heavy atom. The van der Waals surface area contributed by atoms with Gasteiger partial charge in [0.25, 0.3) is 0 Å². The molecule has 1 amide bonds. The molecule has 1 spiro atoms. The van der Waals surface area contributed by atoms with Crippen LogP contribution in [0.3, 0.4) is 0 Å². The quantitative estimate of drug-likeness (QED) is 0.849. The van der Waals surface area contributed by atoms with Crippen molar-refractivity contribution in [2.75, 3.05) is 13.1 Å². The molecule has 1 aromatic carbocycles. The molecule has 2 aliphatic rings. The minimum absolute atomic E-state index is 0.251. The first-order valence-corrected chi connectivity index (χ1v) is 6.83. The molecule has 0 unspecified atom stereocenters. The Bertz CT molecular complexity index is 423. The largest absolute Gasteiger partial charge is 0.352 e. The highest BCUT2D eigenvalue weighted by atomic mass is 16.2. The zero-order chi connectivity index (χ0) is 12.4. The molecule has 0 aromatic heterocycles. The van der Waals surface area contributed by atoms with Gasteiger partial charge in [0.05, 0.1) is 0 Å². The van der Waals surface area contributed by atoms with Gasteiger partial charge in [-0.25, -0.2) is 0 Å². The number of piperidine rings is 1. The fourth-order valence-corrected chi connectivity index (χ4v) is 3.10. The molecule has 96 valence electrons. The van der Waals surface area contributed by atoms with E-state index in [0.29, 0.717) is 12.0 Å². The molecule has 1 atom stereocenters.